The molecule has 3 aromatic heterocycles. The van der Waals surface area contributed by atoms with Crippen LogP contribution in [0.1, 0.15) is 24.0 Å². The lowest BCUT2D eigenvalue weighted by Crippen LogP contribution is -2.21. The minimum atomic E-state index is -3.42. The minimum absolute atomic E-state index is 0.00403. The molecule has 0 unspecified atom stereocenters. The molecule has 6 rings (SSSR count). The van der Waals surface area contributed by atoms with Crippen molar-refractivity contribution in [2.24, 2.45) is 5.73 Å². The number of pyridine rings is 1. The summed E-state index contributed by atoms with van der Waals surface area (Å²) in [5, 5.41) is 9.29. The summed E-state index contributed by atoms with van der Waals surface area (Å²) < 4.78 is 40.3. The highest BCUT2D eigenvalue weighted by molar-refractivity contribution is 7.88. The van der Waals surface area contributed by atoms with Crippen LogP contribution in [-0.2, 0) is 16.6 Å². The molecule has 9 nitrogen and oxygen atoms in total. The van der Waals surface area contributed by atoms with Crippen LogP contribution < -0.4 is 10.5 Å². The van der Waals surface area contributed by atoms with Gasteiger partial charge < -0.3 is 15.6 Å². The van der Waals surface area contributed by atoms with Gasteiger partial charge in [-0.1, -0.05) is 23.8 Å². The van der Waals surface area contributed by atoms with Crippen LogP contribution in [0.2, 0.25) is 0 Å². The van der Waals surface area contributed by atoms with Crippen molar-refractivity contribution in [1.29, 1.82) is 0 Å². The standard InChI is InChI=1S/C33H34FN7O2S/c1-41(2)19-22(9-20-7-8-20)11-24(16-35)25-14-29-32(39-40-33(29)36-18-25)31-15-28-27(5-4-6-30(28)38-31)23-10-21(12-26(34)13-23)17-37-44(3,42)43/h4-6,9-16,18,37-38H,7-8,17,19,35H2,1-3H3,(H,36,39,40)/b22-11+,24-16+. The third kappa shape index (κ3) is 6.65. The fourth-order valence-electron chi connectivity index (χ4n) is 5.33. The van der Waals surface area contributed by atoms with Crippen LogP contribution in [0.4, 0.5) is 4.39 Å². The number of nitrogens with two attached hydrogens (primary N) is 1. The number of aromatic amines is 2. The largest absolute Gasteiger partial charge is 0.404 e. The predicted molar refractivity (Wildman–Crippen MR) is 174 cm³/mol. The summed E-state index contributed by atoms with van der Waals surface area (Å²) in [6, 6.07) is 14.4. The highest BCUT2D eigenvalue weighted by Gasteiger charge is 2.17. The van der Waals surface area contributed by atoms with Crippen molar-refractivity contribution >= 4 is 37.5 Å². The zero-order valence-electron chi connectivity index (χ0n) is 24.8. The summed E-state index contributed by atoms with van der Waals surface area (Å²) in [7, 11) is 0.674. The Morgan fingerprint density at radius 2 is 1.95 bits per heavy atom. The Kier molecular flexibility index (Phi) is 7.93. The SMILES string of the molecule is CN(C)C/C(C=C1CC1)=C/C(=C\N)c1cnc2n[nH]c(-c3cc4c(-c5cc(F)cc(CNS(C)(=O)=O)c5)cccc4[nH]3)c2c1. The van der Waals surface area contributed by atoms with Gasteiger partial charge in [-0.25, -0.2) is 22.5 Å². The molecule has 5 N–H and O–H groups in total. The van der Waals surface area contributed by atoms with Gasteiger partial charge in [-0.05, 0) is 97.2 Å². The van der Waals surface area contributed by atoms with Crippen LogP contribution >= 0.6 is 0 Å². The van der Waals surface area contributed by atoms with Crippen molar-refractivity contribution in [3.63, 3.8) is 0 Å². The molecule has 226 valence electrons. The van der Waals surface area contributed by atoms with Crippen molar-refractivity contribution in [3.8, 4) is 22.5 Å². The first kappa shape index (κ1) is 29.5. The molecule has 0 radical (unpaired) electrons. The number of rotatable bonds is 10. The quantitative estimate of drug-likeness (QED) is 0.155. The van der Waals surface area contributed by atoms with E-state index in [1.807, 2.05) is 44.4 Å². The first-order valence-electron chi connectivity index (χ1n) is 14.2. The highest BCUT2D eigenvalue weighted by Crippen LogP contribution is 2.35. The zero-order chi connectivity index (χ0) is 31.0. The molecule has 3 heterocycles. The number of hydrogen-bond donors (Lipinski definition) is 4. The van der Waals surface area contributed by atoms with Gasteiger partial charge in [-0.15, -0.1) is 0 Å². The first-order chi connectivity index (χ1) is 21.1. The Morgan fingerprint density at radius 1 is 1.14 bits per heavy atom. The summed E-state index contributed by atoms with van der Waals surface area (Å²) in [6.45, 7) is 0.793. The fraction of sp³-hybridized carbons (Fsp3) is 0.212. The van der Waals surface area contributed by atoms with Crippen LogP contribution in [0.15, 0.2) is 84.2 Å². The molecular weight excluding hydrogens is 577 g/mol. The Morgan fingerprint density at radius 3 is 2.68 bits per heavy atom. The summed E-state index contributed by atoms with van der Waals surface area (Å²) in [5.41, 5.74) is 15.5. The van der Waals surface area contributed by atoms with E-state index in [2.05, 4.69) is 41.9 Å². The number of aromatic nitrogens is 4. The number of H-pyrrole nitrogens is 2. The highest BCUT2D eigenvalue weighted by atomic mass is 32.2. The van der Waals surface area contributed by atoms with E-state index < -0.39 is 15.8 Å². The monoisotopic (exact) mass is 611 g/mol. The van der Waals surface area contributed by atoms with Gasteiger partial charge in [0.2, 0.25) is 10.0 Å². The van der Waals surface area contributed by atoms with Crippen molar-refractivity contribution in [1.82, 2.24) is 29.8 Å². The van der Waals surface area contributed by atoms with Crippen LogP contribution in [-0.4, -0.2) is 60.4 Å². The molecule has 0 spiro atoms. The molecule has 0 bridgehead atoms. The van der Waals surface area contributed by atoms with E-state index in [1.54, 1.807) is 18.5 Å². The van der Waals surface area contributed by atoms with E-state index in [0.717, 1.165) is 70.0 Å². The number of benzene rings is 2. The molecule has 1 fully saturated rings. The number of halogens is 1. The van der Waals surface area contributed by atoms with E-state index in [9.17, 15) is 12.8 Å². The molecule has 0 amide bonds. The topological polar surface area (TPSA) is 133 Å². The zero-order valence-corrected chi connectivity index (χ0v) is 25.6. The number of sulfonamides is 1. The summed E-state index contributed by atoms with van der Waals surface area (Å²) >= 11 is 0. The van der Waals surface area contributed by atoms with E-state index >= 15 is 0 Å². The van der Waals surface area contributed by atoms with Crippen LogP contribution in [0, 0.1) is 5.82 Å². The third-order valence-electron chi connectivity index (χ3n) is 7.43. The smallest absolute Gasteiger partial charge is 0.209 e. The van der Waals surface area contributed by atoms with Gasteiger partial charge in [-0.3, -0.25) is 5.10 Å². The van der Waals surface area contributed by atoms with Crippen molar-refractivity contribution < 1.29 is 12.8 Å². The normalized spacial score (nSPS) is 14.2. The van der Waals surface area contributed by atoms with Gasteiger partial charge in [0.05, 0.1) is 17.6 Å². The Labute approximate surface area is 255 Å². The number of nitrogens with zero attached hydrogens (tertiary/aromatic N) is 3. The van der Waals surface area contributed by atoms with Crippen LogP contribution in [0.3, 0.4) is 0 Å². The van der Waals surface area contributed by atoms with Gasteiger partial charge in [-0.2, -0.15) is 5.10 Å². The molecule has 1 aliphatic rings. The molecule has 11 heteroatoms. The number of nitrogens with one attached hydrogen (secondary N) is 3. The van der Waals surface area contributed by atoms with Crippen molar-refractivity contribution in [2.75, 3.05) is 26.9 Å². The second kappa shape index (κ2) is 11.8. The average molecular weight is 612 g/mol. The van der Waals surface area contributed by atoms with E-state index in [-0.39, 0.29) is 6.54 Å². The van der Waals surface area contributed by atoms with E-state index in [1.165, 1.54) is 23.3 Å². The maximum Gasteiger partial charge on any atom is 0.209 e. The summed E-state index contributed by atoms with van der Waals surface area (Å²) in [5.74, 6) is -0.446. The Balaban J connectivity index is 1.38. The maximum atomic E-state index is 14.6. The summed E-state index contributed by atoms with van der Waals surface area (Å²) in [4.78, 5) is 10.2. The third-order valence-corrected chi connectivity index (χ3v) is 8.10. The molecule has 2 aromatic carbocycles. The lowest BCUT2D eigenvalue weighted by Gasteiger charge is -2.12. The number of likely N-dealkylation sites (N-methyl/N-ethyl adjacent to an activating group) is 1. The van der Waals surface area contributed by atoms with E-state index in [0.29, 0.717) is 16.8 Å². The molecule has 0 atom stereocenters. The fourth-order valence-corrected chi connectivity index (χ4v) is 5.76. The molecule has 0 saturated heterocycles. The van der Waals surface area contributed by atoms with Gasteiger partial charge in [0.25, 0.3) is 0 Å². The van der Waals surface area contributed by atoms with Crippen molar-refractivity contribution in [2.45, 2.75) is 19.4 Å². The average Bonchev–Trinajstić information content (AvgIpc) is 3.51. The van der Waals surface area contributed by atoms with Crippen LogP contribution in [0.5, 0.6) is 0 Å². The number of allylic oxidation sites excluding steroid dienone is 3. The molecule has 44 heavy (non-hydrogen) atoms. The molecule has 1 saturated carbocycles. The molecule has 5 aromatic rings. The Hall–Kier alpha value is -4.58. The predicted octanol–water partition coefficient (Wildman–Crippen LogP) is 5.47. The van der Waals surface area contributed by atoms with Gasteiger partial charge in [0.15, 0.2) is 5.65 Å². The summed E-state index contributed by atoms with van der Waals surface area (Å²) in [6.07, 6.45) is 11.1. The van der Waals surface area contributed by atoms with Gasteiger partial charge >= 0.3 is 0 Å². The number of fused-ring (bicyclic) bond motifs is 2. The lowest BCUT2D eigenvalue weighted by atomic mass is 9.99. The number of hydrogen-bond acceptors (Lipinski definition) is 6. The van der Waals surface area contributed by atoms with Crippen LogP contribution in [0.25, 0.3) is 50.0 Å². The Bertz CT molecular complexity index is 2080. The lowest BCUT2D eigenvalue weighted by molar-refractivity contribution is 0.449. The second-order valence-corrected chi connectivity index (χ2v) is 13.3. The molecule has 1 aliphatic carbocycles. The first-order valence-corrected chi connectivity index (χ1v) is 16.1. The molecular formula is C33H34FN7O2S. The van der Waals surface area contributed by atoms with Gasteiger partial charge in [0, 0.05) is 47.3 Å². The van der Waals surface area contributed by atoms with Gasteiger partial charge in [0.1, 0.15) is 5.82 Å². The van der Waals surface area contributed by atoms with E-state index in [4.69, 9.17) is 5.73 Å². The maximum absolute atomic E-state index is 14.6. The second-order valence-electron chi connectivity index (χ2n) is 11.5. The minimum Gasteiger partial charge on any atom is -0.404 e. The van der Waals surface area contributed by atoms with Crippen molar-refractivity contribution in [3.05, 3.63) is 101 Å². The molecule has 0 aliphatic heterocycles.